The minimum absolute atomic E-state index is 0.0113. The van der Waals surface area contributed by atoms with E-state index in [4.69, 9.17) is 16.9 Å². The van der Waals surface area contributed by atoms with Crippen LogP contribution in [0.4, 0.5) is 9.18 Å². The van der Waals surface area contributed by atoms with E-state index < -0.39 is 157 Å². The van der Waals surface area contributed by atoms with Crippen LogP contribution in [-0.4, -0.2) is 147 Å². The van der Waals surface area contributed by atoms with Gasteiger partial charge in [0.25, 0.3) is 0 Å². The molecule has 9 atom stereocenters. The van der Waals surface area contributed by atoms with Gasteiger partial charge in [-0.25, -0.2) is 9.18 Å². The fourth-order valence-corrected chi connectivity index (χ4v) is 11.2. The van der Waals surface area contributed by atoms with E-state index in [1.807, 2.05) is 24.3 Å². The van der Waals surface area contributed by atoms with Gasteiger partial charge in [-0.1, -0.05) is 74.5 Å². The van der Waals surface area contributed by atoms with Crippen molar-refractivity contribution in [2.75, 3.05) is 20.1 Å². The molecular formula is C68H86FN13O13. The lowest BCUT2D eigenvalue weighted by Crippen LogP contribution is -2.53. The van der Waals surface area contributed by atoms with E-state index in [-0.39, 0.29) is 68.3 Å². The highest BCUT2D eigenvalue weighted by Crippen LogP contribution is 2.26. The van der Waals surface area contributed by atoms with Gasteiger partial charge in [-0.3, -0.25) is 53.4 Å². The van der Waals surface area contributed by atoms with E-state index in [9.17, 15) is 67.3 Å². The number of halogens is 1. The Labute approximate surface area is 548 Å². The largest absolute Gasteiger partial charge is 0.508 e. The zero-order valence-corrected chi connectivity index (χ0v) is 53.8. The lowest BCUT2D eigenvalue weighted by molar-refractivity contribution is -0.137. The number of fused-ring (bicyclic) bond motifs is 2. The highest BCUT2D eigenvalue weighted by Gasteiger charge is 2.37. The molecule has 4 aromatic carbocycles. The van der Waals surface area contributed by atoms with Crippen molar-refractivity contribution in [2.45, 2.75) is 135 Å². The number of aliphatic hydroxyl groups excluding tert-OH is 1. The molecule has 0 fully saturated rings. The molecular weight excluding hydrogens is 1230 g/mol. The highest BCUT2D eigenvalue weighted by molar-refractivity contribution is 6.00. The Morgan fingerprint density at radius 3 is 1.73 bits per heavy atom. The number of rotatable bonds is 38. The first-order valence-electron chi connectivity index (χ1n) is 31.4. The van der Waals surface area contributed by atoms with Crippen LogP contribution in [0.1, 0.15) is 94.9 Å². The summed E-state index contributed by atoms with van der Waals surface area (Å²) in [5.74, 6) is -12.8. The lowest BCUT2D eigenvalue weighted by Gasteiger charge is -2.26. The maximum Gasteiger partial charge on any atom is 0.315 e. The van der Waals surface area contributed by atoms with Crippen molar-refractivity contribution in [2.24, 2.45) is 35.1 Å². The molecule has 0 saturated heterocycles. The maximum atomic E-state index is 14.6. The number of aromatic nitrogens is 2. The molecule has 0 aliphatic rings. The van der Waals surface area contributed by atoms with Gasteiger partial charge in [0.1, 0.15) is 17.6 Å². The van der Waals surface area contributed by atoms with Crippen molar-refractivity contribution in [3.8, 4) is 5.75 Å². The van der Waals surface area contributed by atoms with Crippen LogP contribution in [0.15, 0.2) is 109 Å². The van der Waals surface area contributed by atoms with Gasteiger partial charge in [0, 0.05) is 92.2 Å². The number of phenolic OH excluding ortho intramolecular Hbond substituents is 1. The number of carbonyl (C=O) groups excluding carboxylic acids is 11. The molecule has 0 saturated carbocycles. The summed E-state index contributed by atoms with van der Waals surface area (Å²) < 4.78 is 14.6. The number of phenols is 1. The van der Waals surface area contributed by atoms with Gasteiger partial charge in [-0.05, 0) is 110 Å². The maximum absolute atomic E-state index is 14.6. The molecule has 508 valence electrons. The molecule has 8 amide bonds. The Morgan fingerprint density at radius 1 is 0.579 bits per heavy atom. The smallest absolute Gasteiger partial charge is 0.315 e. The standard InChI is InChI=1S/C68H86FN13O13/c1-37(2)24-53(58(86)30-42(13-11-23-74-67(72)73-5)64(92)81-57(63(71)91)29-45-35-76-52-18-9-7-16-49(45)52)82-68(95)77-36-61(89)55(27-41-12-10-14-46(69)25-41)80-66(94)50(38(3)83)32-60(88)56(33-62(70)90)79-65(93)43(28-44-34-75-51-17-8-6-15-48(44)51)31-59(87)54(78-39(4)84)26-40-19-21-47(85)22-20-40/h6-10,12,14-22,25,34-35,37-38,42-43,50,53-57,75-76,83,85H,11,13,23-24,26-33,36H2,1-5H3,(H2,70,90)(H2,71,91)(H,78,84)(H,79,93)(H,80,94)(H,81,92)(H3,72,73,74)(H2,77,82,95)/t38-,42-,43+,50+,53+,54-,55+,56+,57+/m1/s1. The van der Waals surface area contributed by atoms with Gasteiger partial charge in [0.05, 0.1) is 49.2 Å². The molecule has 2 heterocycles. The molecule has 0 aliphatic carbocycles. The number of nitrogens with two attached hydrogens (primary N) is 2. The third-order valence-corrected chi connectivity index (χ3v) is 16.3. The summed E-state index contributed by atoms with van der Waals surface area (Å²) in [4.78, 5) is 158. The number of amides is 8. The van der Waals surface area contributed by atoms with Crippen LogP contribution in [0.3, 0.4) is 0 Å². The average molecular weight is 1310 g/mol. The first-order valence-corrected chi connectivity index (χ1v) is 31.4. The predicted molar refractivity (Wildman–Crippen MR) is 352 cm³/mol. The van der Waals surface area contributed by atoms with Crippen LogP contribution >= 0.6 is 0 Å². The number of hydrogen-bond donors (Lipinski definition) is 15. The molecule has 0 spiro atoms. The molecule has 27 heteroatoms. The first-order chi connectivity index (χ1) is 45.2. The van der Waals surface area contributed by atoms with Gasteiger partial charge in [-0.2, -0.15) is 0 Å². The SMILES string of the molecule is CNC(=N)NCCC[C@H](CC(=O)[C@H](CC(C)C)NC(=O)NCC(=O)[C@H](Cc1cccc(F)c1)NC(=O)[C@@H](CC(=O)[C@H](CC(N)=O)NC(=O)[C@H](CC(=O)[C@@H](Cc1ccc(O)cc1)NC(C)=O)Cc1c[nH]c2ccccc12)[C@@H](C)O)C(=O)N[C@@H](Cc1c[nH]c2ccccc12)C(N)=O. The summed E-state index contributed by atoms with van der Waals surface area (Å²) in [5, 5.41) is 51.4. The highest BCUT2D eigenvalue weighted by atomic mass is 19.1. The van der Waals surface area contributed by atoms with Gasteiger partial charge >= 0.3 is 6.03 Å². The van der Waals surface area contributed by atoms with Crippen molar-refractivity contribution in [3.05, 3.63) is 138 Å². The number of hydrogen-bond acceptors (Lipinski definition) is 14. The molecule has 0 bridgehead atoms. The minimum atomic E-state index is -1.72. The number of ketones is 4. The Bertz CT molecular complexity index is 3720. The Balaban J connectivity index is 1.17. The number of aromatic amines is 2. The van der Waals surface area contributed by atoms with Crippen molar-refractivity contribution >= 4 is 92.4 Å². The molecule has 0 radical (unpaired) electrons. The molecule has 17 N–H and O–H groups in total. The summed E-state index contributed by atoms with van der Waals surface area (Å²) in [5.41, 5.74) is 15.1. The zero-order chi connectivity index (χ0) is 69.5. The van der Waals surface area contributed by atoms with Gasteiger partial charge in [0.2, 0.25) is 35.4 Å². The van der Waals surface area contributed by atoms with Crippen molar-refractivity contribution in [1.29, 1.82) is 5.41 Å². The lowest BCUT2D eigenvalue weighted by atomic mass is 9.88. The fourth-order valence-electron chi connectivity index (χ4n) is 11.2. The third kappa shape index (κ3) is 23.0. The van der Waals surface area contributed by atoms with Crippen LogP contribution in [0.5, 0.6) is 5.75 Å². The van der Waals surface area contributed by atoms with E-state index in [0.29, 0.717) is 23.1 Å². The second-order valence-electron chi connectivity index (χ2n) is 24.3. The first kappa shape index (κ1) is 73.7. The zero-order valence-electron chi connectivity index (χ0n) is 53.8. The molecule has 6 rings (SSSR count). The van der Waals surface area contributed by atoms with Crippen LogP contribution < -0.4 is 54.0 Å². The van der Waals surface area contributed by atoms with Gasteiger partial charge in [0.15, 0.2) is 29.1 Å². The molecule has 95 heavy (non-hydrogen) atoms. The van der Waals surface area contributed by atoms with Crippen LogP contribution in [0.25, 0.3) is 21.8 Å². The number of urea groups is 1. The topological polar surface area (TPSA) is 432 Å². The number of aliphatic hydroxyl groups is 1. The van der Waals surface area contributed by atoms with Crippen LogP contribution in [-0.2, 0) is 73.6 Å². The number of Topliss-reactive ketones (excluding diaryl/α,β-unsaturated/α-hetero) is 4. The normalized spacial score (nSPS) is 14.1. The Morgan fingerprint density at radius 2 is 1.14 bits per heavy atom. The Kier molecular flexibility index (Phi) is 27.7. The van der Waals surface area contributed by atoms with Crippen LogP contribution in [0, 0.1) is 34.9 Å². The van der Waals surface area contributed by atoms with Gasteiger partial charge in [-0.15, -0.1) is 0 Å². The van der Waals surface area contributed by atoms with E-state index in [1.54, 1.807) is 69.7 Å². The van der Waals surface area contributed by atoms with E-state index >= 15 is 0 Å². The molecule has 2 aromatic heterocycles. The van der Waals surface area contributed by atoms with Gasteiger partial charge < -0.3 is 74.2 Å². The number of para-hydroxylation sites is 2. The predicted octanol–water partition coefficient (Wildman–Crippen LogP) is 3.00. The van der Waals surface area contributed by atoms with E-state index in [1.165, 1.54) is 38.1 Å². The second-order valence-corrected chi connectivity index (χ2v) is 24.3. The molecule has 0 aliphatic heterocycles. The summed E-state index contributed by atoms with van der Waals surface area (Å²) in [6, 6.07) is 17.8. The summed E-state index contributed by atoms with van der Waals surface area (Å²) >= 11 is 0. The number of aromatic hydroxyl groups is 1. The number of H-pyrrole nitrogens is 2. The van der Waals surface area contributed by atoms with Crippen molar-refractivity contribution in [3.63, 3.8) is 0 Å². The number of benzene rings is 4. The summed E-state index contributed by atoms with van der Waals surface area (Å²) in [7, 11) is 1.55. The molecule has 0 unspecified atom stereocenters. The summed E-state index contributed by atoms with van der Waals surface area (Å²) in [6.45, 7) is 5.44. The Hall–Kier alpha value is -10.3. The third-order valence-electron chi connectivity index (χ3n) is 16.3. The number of primary amides is 2. The fraction of sp³-hybridized carbons (Fsp3) is 0.412. The van der Waals surface area contributed by atoms with Crippen molar-refractivity contribution in [1.82, 2.24) is 52.5 Å². The van der Waals surface area contributed by atoms with Crippen molar-refractivity contribution < 1.29 is 67.3 Å². The van der Waals surface area contributed by atoms with E-state index in [0.717, 1.165) is 33.9 Å². The monoisotopic (exact) mass is 1310 g/mol. The molecule has 6 aromatic rings. The second kappa shape index (κ2) is 35.7. The number of nitrogens with one attached hydrogen (secondary N) is 11. The van der Waals surface area contributed by atoms with Crippen LogP contribution in [0.2, 0.25) is 0 Å². The molecule has 26 nitrogen and oxygen atoms in total. The van der Waals surface area contributed by atoms with E-state index in [2.05, 4.69) is 52.5 Å². The average Bonchev–Trinajstić information content (AvgIpc) is 1.73. The number of guanidine groups is 1. The summed E-state index contributed by atoms with van der Waals surface area (Å²) in [6.07, 6.45) is -0.754. The number of carbonyl (C=O) groups is 11. The quantitative estimate of drug-likeness (QED) is 0.0151. The minimum Gasteiger partial charge on any atom is -0.508 e.